The first-order valence-electron chi connectivity index (χ1n) is 5.48. The van der Waals surface area contributed by atoms with Crippen LogP contribution in [0.5, 0.6) is 0 Å². The molecule has 1 unspecified atom stereocenters. The Kier molecular flexibility index (Phi) is 3.98. The Labute approximate surface area is 104 Å². The molecular weight excluding hydrogens is 257 g/mol. The largest absolute Gasteiger partial charge is 0.393 e. The summed E-state index contributed by atoms with van der Waals surface area (Å²) in [5.74, 6) is -1.69. The first kappa shape index (κ1) is 14.6. The van der Waals surface area contributed by atoms with Crippen molar-refractivity contribution in [2.75, 3.05) is 13.1 Å². The maximum Gasteiger partial charge on any atom is 0.393 e. The third-order valence-corrected chi connectivity index (χ3v) is 3.39. The number of carbonyl (C=O) groups excluding carboxylic acids is 1. The highest BCUT2D eigenvalue weighted by Crippen LogP contribution is 2.38. The Balaban J connectivity index is 0.00000144. The van der Waals surface area contributed by atoms with Crippen LogP contribution < -0.4 is 5.73 Å². The number of likely N-dealkylation sites (tertiary alicyclic amines) is 1. The Hall–Kier alpha value is -0.490. The van der Waals surface area contributed by atoms with Gasteiger partial charge in [0, 0.05) is 13.1 Å². The lowest BCUT2D eigenvalue weighted by molar-refractivity contribution is -0.188. The number of alkyl halides is 3. The van der Waals surface area contributed by atoms with E-state index in [1.54, 1.807) is 0 Å². The van der Waals surface area contributed by atoms with E-state index in [0.717, 1.165) is 0 Å². The minimum absolute atomic E-state index is 0. The van der Waals surface area contributed by atoms with Gasteiger partial charge in [0.1, 0.15) is 0 Å². The SMILES string of the molecule is Cl.NC1(C(=O)N2CCCC(C(F)(F)F)C2)CC1. The predicted molar refractivity (Wildman–Crippen MR) is 58.8 cm³/mol. The third-order valence-electron chi connectivity index (χ3n) is 3.39. The van der Waals surface area contributed by atoms with Crippen LogP contribution in [0, 0.1) is 5.92 Å². The van der Waals surface area contributed by atoms with Gasteiger partial charge in [0.25, 0.3) is 0 Å². The molecule has 2 rings (SSSR count). The van der Waals surface area contributed by atoms with Gasteiger partial charge < -0.3 is 10.6 Å². The van der Waals surface area contributed by atoms with E-state index in [1.165, 1.54) is 4.90 Å². The Bertz CT molecular complexity index is 304. The van der Waals surface area contributed by atoms with E-state index < -0.39 is 17.6 Å². The summed E-state index contributed by atoms with van der Waals surface area (Å²) < 4.78 is 37.6. The average molecular weight is 273 g/mol. The minimum atomic E-state index is -4.20. The Morgan fingerprint density at radius 3 is 2.41 bits per heavy atom. The molecule has 0 bridgehead atoms. The van der Waals surface area contributed by atoms with E-state index in [0.29, 0.717) is 25.8 Å². The number of hydrogen-bond donors (Lipinski definition) is 1. The summed E-state index contributed by atoms with van der Waals surface area (Å²) in [6, 6.07) is 0. The van der Waals surface area contributed by atoms with Gasteiger partial charge in [-0.2, -0.15) is 13.2 Å². The Morgan fingerprint density at radius 2 is 1.94 bits per heavy atom. The number of piperidine rings is 1. The van der Waals surface area contributed by atoms with Crippen molar-refractivity contribution in [2.24, 2.45) is 11.7 Å². The molecule has 17 heavy (non-hydrogen) atoms. The summed E-state index contributed by atoms with van der Waals surface area (Å²) in [5.41, 5.74) is 4.85. The minimum Gasteiger partial charge on any atom is -0.340 e. The number of nitrogens with two attached hydrogens (primary N) is 1. The van der Waals surface area contributed by atoms with Crippen molar-refractivity contribution in [2.45, 2.75) is 37.4 Å². The lowest BCUT2D eigenvalue weighted by Gasteiger charge is -2.35. The zero-order chi connectivity index (χ0) is 12.0. The molecule has 100 valence electrons. The van der Waals surface area contributed by atoms with Crippen LogP contribution in [0.25, 0.3) is 0 Å². The normalized spacial score (nSPS) is 27.3. The van der Waals surface area contributed by atoms with Gasteiger partial charge in [0.05, 0.1) is 11.5 Å². The van der Waals surface area contributed by atoms with Crippen LogP contribution in [0.2, 0.25) is 0 Å². The van der Waals surface area contributed by atoms with Gasteiger partial charge in [0.2, 0.25) is 5.91 Å². The van der Waals surface area contributed by atoms with Crippen molar-refractivity contribution < 1.29 is 18.0 Å². The molecule has 1 aliphatic heterocycles. The van der Waals surface area contributed by atoms with Crippen LogP contribution in [-0.2, 0) is 4.79 Å². The second-order valence-corrected chi connectivity index (χ2v) is 4.79. The van der Waals surface area contributed by atoms with Crippen LogP contribution in [0.1, 0.15) is 25.7 Å². The van der Waals surface area contributed by atoms with Gasteiger partial charge in [0.15, 0.2) is 0 Å². The van der Waals surface area contributed by atoms with Crippen LogP contribution in [0.15, 0.2) is 0 Å². The Morgan fingerprint density at radius 1 is 1.35 bits per heavy atom. The van der Waals surface area contributed by atoms with Crippen molar-refractivity contribution in [3.05, 3.63) is 0 Å². The van der Waals surface area contributed by atoms with E-state index in [9.17, 15) is 18.0 Å². The first-order chi connectivity index (χ1) is 7.33. The number of rotatable bonds is 1. The summed E-state index contributed by atoms with van der Waals surface area (Å²) in [6.07, 6.45) is -2.49. The van der Waals surface area contributed by atoms with Crippen LogP contribution in [-0.4, -0.2) is 35.6 Å². The highest BCUT2D eigenvalue weighted by molar-refractivity contribution is 5.89. The highest BCUT2D eigenvalue weighted by atomic mass is 35.5. The number of amides is 1. The van der Waals surface area contributed by atoms with Crippen LogP contribution in [0.4, 0.5) is 13.2 Å². The molecule has 1 saturated carbocycles. The lowest BCUT2D eigenvalue weighted by Crippen LogP contribution is -2.51. The molecule has 0 aromatic rings. The molecule has 2 fully saturated rings. The van der Waals surface area contributed by atoms with E-state index in [2.05, 4.69) is 0 Å². The van der Waals surface area contributed by atoms with Gasteiger partial charge >= 0.3 is 6.18 Å². The van der Waals surface area contributed by atoms with Crippen molar-refractivity contribution >= 4 is 18.3 Å². The van der Waals surface area contributed by atoms with Gasteiger partial charge in [-0.15, -0.1) is 12.4 Å². The number of hydrogen-bond acceptors (Lipinski definition) is 2. The van der Waals surface area contributed by atoms with Crippen molar-refractivity contribution in [1.82, 2.24) is 4.90 Å². The molecule has 3 nitrogen and oxygen atoms in total. The second-order valence-electron chi connectivity index (χ2n) is 4.79. The maximum absolute atomic E-state index is 12.5. The number of nitrogens with zero attached hydrogens (tertiary/aromatic N) is 1. The van der Waals surface area contributed by atoms with Gasteiger partial charge in [-0.25, -0.2) is 0 Å². The van der Waals surface area contributed by atoms with Gasteiger partial charge in [-0.1, -0.05) is 0 Å². The molecule has 1 heterocycles. The second kappa shape index (κ2) is 4.65. The molecule has 7 heteroatoms. The number of halogens is 4. The van der Waals surface area contributed by atoms with Crippen molar-refractivity contribution in [1.29, 1.82) is 0 Å². The van der Waals surface area contributed by atoms with E-state index in [1.807, 2.05) is 0 Å². The topological polar surface area (TPSA) is 46.3 Å². The summed E-state index contributed by atoms with van der Waals surface area (Å²) in [7, 11) is 0. The lowest BCUT2D eigenvalue weighted by atomic mass is 9.97. The monoisotopic (exact) mass is 272 g/mol. The highest BCUT2D eigenvalue weighted by Gasteiger charge is 2.50. The molecule has 0 aromatic carbocycles. The van der Waals surface area contributed by atoms with E-state index in [4.69, 9.17) is 5.73 Å². The molecule has 2 aliphatic rings. The fraction of sp³-hybridized carbons (Fsp3) is 0.900. The molecule has 1 amide bonds. The quantitative estimate of drug-likeness (QED) is 0.790. The van der Waals surface area contributed by atoms with Gasteiger partial charge in [-0.3, -0.25) is 4.79 Å². The molecule has 1 atom stereocenters. The van der Waals surface area contributed by atoms with Crippen molar-refractivity contribution in [3.63, 3.8) is 0 Å². The summed E-state index contributed by atoms with van der Waals surface area (Å²) in [5, 5.41) is 0. The predicted octanol–water partition coefficient (Wildman–Crippen LogP) is 1.70. The maximum atomic E-state index is 12.5. The van der Waals surface area contributed by atoms with Crippen LogP contribution >= 0.6 is 12.4 Å². The molecule has 1 aliphatic carbocycles. The molecule has 0 aromatic heterocycles. The molecule has 1 saturated heterocycles. The summed E-state index contributed by atoms with van der Waals surface area (Å²) in [4.78, 5) is 13.1. The standard InChI is InChI=1S/C10H15F3N2O.ClH/c11-10(12,13)7-2-1-5-15(6-7)8(16)9(14)3-4-9;/h7H,1-6,14H2;1H. The fourth-order valence-electron chi connectivity index (χ4n) is 2.09. The zero-order valence-corrected chi connectivity index (χ0v) is 10.1. The zero-order valence-electron chi connectivity index (χ0n) is 9.29. The number of carbonyl (C=O) groups is 1. The van der Waals surface area contributed by atoms with Crippen molar-refractivity contribution in [3.8, 4) is 0 Å². The average Bonchev–Trinajstić information content (AvgIpc) is 2.96. The smallest absolute Gasteiger partial charge is 0.340 e. The van der Waals surface area contributed by atoms with E-state index in [-0.39, 0.29) is 31.3 Å². The van der Waals surface area contributed by atoms with Gasteiger partial charge in [-0.05, 0) is 25.7 Å². The van der Waals surface area contributed by atoms with Crippen LogP contribution in [0.3, 0.4) is 0 Å². The molecular formula is C10H16ClF3N2O. The molecule has 2 N–H and O–H groups in total. The molecule has 0 radical (unpaired) electrons. The molecule has 0 spiro atoms. The fourth-order valence-corrected chi connectivity index (χ4v) is 2.09. The summed E-state index contributed by atoms with van der Waals surface area (Å²) >= 11 is 0. The van der Waals surface area contributed by atoms with E-state index >= 15 is 0 Å². The summed E-state index contributed by atoms with van der Waals surface area (Å²) in [6.45, 7) is 0.186. The first-order valence-corrected chi connectivity index (χ1v) is 5.48. The third kappa shape index (κ3) is 3.04.